The zero-order valence-corrected chi connectivity index (χ0v) is 12.2. The van der Waals surface area contributed by atoms with Gasteiger partial charge < -0.3 is 19.7 Å². The molecule has 1 aromatic rings. The second-order valence-electron chi connectivity index (χ2n) is 5.37. The Labute approximate surface area is 118 Å². The molecule has 0 saturated heterocycles. The Balaban J connectivity index is 2.85. The Kier molecular flexibility index (Phi) is 5.12. The third kappa shape index (κ3) is 4.91. The highest BCUT2D eigenvalue weighted by molar-refractivity contribution is 5.71. The van der Waals surface area contributed by atoms with Crippen molar-refractivity contribution in [2.45, 2.75) is 52.3 Å². The van der Waals surface area contributed by atoms with Crippen LogP contribution in [0.2, 0.25) is 0 Å². The van der Waals surface area contributed by atoms with Gasteiger partial charge in [-0.25, -0.2) is 9.78 Å². The van der Waals surface area contributed by atoms with Crippen molar-refractivity contribution in [2.24, 2.45) is 0 Å². The van der Waals surface area contributed by atoms with E-state index in [0.29, 0.717) is 12.4 Å². The molecule has 1 aromatic heterocycles. The summed E-state index contributed by atoms with van der Waals surface area (Å²) in [4.78, 5) is 26.8. The molecule has 0 bridgehead atoms. The van der Waals surface area contributed by atoms with Crippen LogP contribution in [0.15, 0.2) is 12.4 Å². The molecular formula is C13H21N3O4. The first-order valence-corrected chi connectivity index (χ1v) is 6.45. The number of carbonyl (C=O) groups excluding carboxylic acids is 1. The number of carbonyl (C=O) groups is 2. The highest BCUT2D eigenvalue weighted by Gasteiger charge is 2.25. The minimum Gasteiger partial charge on any atom is -0.481 e. The lowest BCUT2D eigenvalue weighted by atomic mass is 10.2. The number of carboxylic acid groups (broad SMARTS) is 1. The highest BCUT2D eigenvalue weighted by Crippen LogP contribution is 2.17. The van der Waals surface area contributed by atoms with Crippen LogP contribution < -0.4 is 5.32 Å². The number of nitrogens with one attached hydrogen (secondary N) is 1. The molecule has 0 aliphatic heterocycles. The summed E-state index contributed by atoms with van der Waals surface area (Å²) in [5, 5.41) is 11.5. The summed E-state index contributed by atoms with van der Waals surface area (Å²) in [6.07, 6.45) is 2.40. The van der Waals surface area contributed by atoms with Crippen LogP contribution in [-0.2, 0) is 16.1 Å². The summed E-state index contributed by atoms with van der Waals surface area (Å²) in [6, 6.07) is -0.725. The number of ether oxygens (including phenoxy) is 1. The number of imidazole rings is 1. The average Bonchev–Trinajstić information content (AvgIpc) is 2.72. The van der Waals surface area contributed by atoms with E-state index in [9.17, 15) is 9.59 Å². The Morgan fingerprint density at radius 3 is 2.65 bits per heavy atom. The van der Waals surface area contributed by atoms with E-state index in [-0.39, 0.29) is 6.42 Å². The zero-order chi connectivity index (χ0) is 15.3. The van der Waals surface area contributed by atoms with E-state index in [1.807, 2.05) is 6.92 Å². The van der Waals surface area contributed by atoms with Crippen molar-refractivity contribution < 1.29 is 19.4 Å². The first kappa shape index (κ1) is 16.0. The van der Waals surface area contributed by atoms with Crippen molar-refractivity contribution in [3.05, 3.63) is 18.2 Å². The van der Waals surface area contributed by atoms with Crippen LogP contribution in [0.4, 0.5) is 4.79 Å². The smallest absolute Gasteiger partial charge is 0.408 e. The Hall–Kier alpha value is -2.05. The van der Waals surface area contributed by atoms with Gasteiger partial charge in [0, 0.05) is 18.9 Å². The van der Waals surface area contributed by atoms with Gasteiger partial charge in [-0.2, -0.15) is 0 Å². The number of aromatic nitrogens is 2. The largest absolute Gasteiger partial charge is 0.481 e. The van der Waals surface area contributed by atoms with Gasteiger partial charge in [0.25, 0.3) is 0 Å². The summed E-state index contributed by atoms with van der Waals surface area (Å²) >= 11 is 0. The van der Waals surface area contributed by atoms with E-state index in [0.717, 1.165) is 0 Å². The molecule has 7 heteroatoms. The van der Waals surface area contributed by atoms with Gasteiger partial charge in [0.1, 0.15) is 17.5 Å². The molecule has 0 radical (unpaired) electrons. The van der Waals surface area contributed by atoms with Crippen molar-refractivity contribution in [2.75, 3.05) is 0 Å². The van der Waals surface area contributed by atoms with Gasteiger partial charge >= 0.3 is 12.1 Å². The second kappa shape index (κ2) is 6.40. The van der Waals surface area contributed by atoms with E-state index in [1.54, 1.807) is 37.7 Å². The Morgan fingerprint density at radius 1 is 1.50 bits per heavy atom. The van der Waals surface area contributed by atoms with Gasteiger partial charge in [-0.15, -0.1) is 0 Å². The average molecular weight is 283 g/mol. The van der Waals surface area contributed by atoms with Gasteiger partial charge in [0.05, 0.1) is 6.42 Å². The molecule has 1 heterocycles. The molecule has 0 spiro atoms. The topological polar surface area (TPSA) is 93.5 Å². The quantitative estimate of drug-likeness (QED) is 0.861. The van der Waals surface area contributed by atoms with E-state index >= 15 is 0 Å². The summed E-state index contributed by atoms with van der Waals surface area (Å²) in [5.41, 5.74) is -0.641. The maximum Gasteiger partial charge on any atom is 0.408 e. The van der Waals surface area contributed by atoms with E-state index < -0.39 is 23.7 Å². The van der Waals surface area contributed by atoms with Crippen LogP contribution >= 0.6 is 0 Å². The Bertz CT molecular complexity index is 476. The lowest BCUT2D eigenvalue weighted by molar-refractivity contribution is -0.137. The summed E-state index contributed by atoms with van der Waals surface area (Å²) in [6.45, 7) is 7.78. The SMILES string of the molecule is CCn1ccnc1C(CC(=O)O)NC(=O)OC(C)(C)C. The predicted molar refractivity (Wildman–Crippen MR) is 72.3 cm³/mol. The fraction of sp³-hybridized carbons (Fsp3) is 0.615. The van der Waals surface area contributed by atoms with Gasteiger partial charge in [-0.1, -0.05) is 0 Å². The molecule has 1 atom stereocenters. The number of amides is 1. The number of aliphatic carboxylic acids is 1. The van der Waals surface area contributed by atoms with Crippen LogP contribution in [-0.4, -0.2) is 32.3 Å². The number of carboxylic acids is 1. The van der Waals surface area contributed by atoms with Crippen molar-refractivity contribution in [3.63, 3.8) is 0 Å². The van der Waals surface area contributed by atoms with E-state index in [1.165, 1.54) is 0 Å². The van der Waals surface area contributed by atoms with Gasteiger partial charge in [-0.05, 0) is 27.7 Å². The number of hydrogen-bond acceptors (Lipinski definition) is 4. The van der Waals surface area contributed by atoms with E-state index in [2.05, 4.69) is 10.3 Å². The minimum atomic E-state index is -1.02. The van der Waals surface area contributed by atoms with Gasteiger partial charge in [0.2, 0.25) is 0 Å². The number of nitrogens with zero attached hydrogens (tertiary/aromatic N) is 2. The first-order chi connectivity index (χ1) is 9.23. The molecule has 20 heavy (non-hydrogen) atoms. The van der Waals surface area contributed by atoms with Crippen molar-refractivity contribution in [3.8, 4) is 0 Å². The predicted octanol–water partition coefficient (Wildman–Crippen LogP) is 1.94. The maximum absolute atomic E-state index is 11.8. The molecule has 2 N–H and O–H groups in total. The first-order valence-electron chi connectivity index (χ1n) is 6.45. The molecule has 0 aromatic carbocycles. The third-order valence-electron chi connectivity index (χ3n) is 2.47. The Morgan fingerprint density at radius 2 is 2.15 bits per heavy atom. The molecule has 0 saturated carbocycles. The molecule has 1 unspecified atom stereocenters. The molecule has 0 aliphatic carbocycles. The lowest BCUT2D eigenvalue weighted by Crippen LogP contribution is -2.36. The molecule has 1 amide bonds. The summed E-state index contributed by atoms with van der Waals surface area (Å²) < 4.78 is 6.92. The summed E-state index contributed by atoms with van der Waals surface area (Å²) in [7, 11) is 0. The molecular weight excluding hydrogens is 262 g/mol. The van der Waals surface area contributed by atoms with Crippen LogP contribution in [0.5, 0.6) is 0 Å². The van der Waals surface area contributed by atoms with Crippen LogP contribution in [0.3, 0.4) is 0 Å². The van der Waals surface area contributed by atoms with Gasteiger partial charge in [-0.3, -0.25) is 4.79 Å². The second-order valence-corrected chi connectivity index (χ2v) is 5.37. The fourth-order valence-corrected chi connectivity index (χ4v) is 1.73. The standard InChI is InChI=1S/C13H21N3O4/c1-5-16-7-6-14-11(16)9(8-10(17)18)15-12(19)20-13(2,3)4/h6-7,9H,5,8H2,1-4H3,(H,15,19)(H,17,18). The van der Waals surface area contributed by atoms with Crippen molar-refractivity contribution in [1.82, 2.24) is 14.9 Å². The molecule has 0 aliphatic rings. The lowest BCUT2D eigenvalue weighted by Gasteiger charge is -2.23. The number of hydrogen-bond donors (Lipinski definition) is 2. The van der Waals surface area contributed by atoms with Crippen molar-refractivity contribution >= 4 is 12.1 Å². The van der Waals surface area contributed by atoms with Crippen LogP contribution in [0, 0.1) is 0 Å². The minimum absolute atomic E-state index is 0.254. The number of aryl methyl sites for hydroxylation is 1. The zero-order valence-electron chi connectivity index (χ0n) is 12.2. The fourth-order valence-electron chi connectivity index (χ4n) is 1.73. The monoisotopic (exact) mass is 283 g/mol. The molecule has 112 valence electrons. The maximum atomic E-state index is 11.8. The molecule has 1 rings (SSSR count). The van der Waals surface area contributed by atoms with Crippen molar-refractivity contribution in [1.29, 1.82) is 0 Å². The molecule has 0 fully saturated rings. The van der Waals surface area contributed by atoms with E-state index in [4.69, 9.17) is 9.84 Å². The normalized spacial score (nSPS) is 12.8. The third-order valence-corrected chi connectivity index (χ3v) is 2.47. The number of alkyl carbamates (subject to hydrolysis) is 1. The molecule has 7 nitrogen and oxygen atoms in total. The van der Waals surface area contributed by atoms with Crippen LogP contribution in [0.1, 0.15) is 46.0 Å². The van der Waals surface area contributed by atoms with Gasteiger partial charge in [0.15, 0.2) is 0 Å². The number of rotatable bonds is 5. The summed E-state index contributed by atoms with van der Waals surface area (Å²) in [5.74, 6) is -0.516. The highest BCUT2D eigenvalue weighted by atomic mass is 16.6. The van der Waals surface area contributed by atoms with Crippen LogP contribution in [0.25, 0.3) is 0 Å².